The number of nitrogen functional groups attached to an aromatic ring is 1. The molecule has 0 radical (unpaired) electrons. The number of nitrogens with two attached hydrogens (primary N) is 2. The van der Waals surface area contributed by atoms with Crippen molar-refractivity contribution in [1.82, 2.24) is 14.9 Å². The van der Waals surface area contributed by atoms with Crippen LogP contribution >= 0.6 is 11.3 Å². The smallest absolute Gasteiger partial charge is 0.270 e. The number of carbonyl (C=O) groups excluding carboxylic acids is 2. The van der Waals surface area contributed by atoms with Crippen LogP contribution < -0.4 is 26.8 Å². The number of pyridine rings is 1. The Kier molecular flexibility index (Phi) is 7.18. The number of anilines is 4. The van der Waals surface area contributed by atoms with Crippen molar-refractivity contribution in [3.8, 4) is 5.75 Å². The van der Waals surface area contributed by atoms with E-state index in [-0.39, 0.29) is 21.4 Å². The molecule has 178 valence electrons. The number of ether oxygens (including phenoxy) is 1. The minimum Gasteiger partial charge on any atom is -0.490 e. The van der Waals surface area contributed by atoms with Crippen LogP contribution in [0.25, 0.3) is 0 Å². The lowest BCUT2D eigenvalue weighted by Crippen LogP contribution is -2.25. The Morgan fingerprint density at radius 2 is 2.00 bits per heavy atom. The minimum absolute atomic E-state index is 0.120. The van der Waals surface area contributed by atoms with Gasteiger partial charge < -0.3 is 26.8 Å². The van der Waals surface area contributed by atoms with Crippen molar-refractivity contribution < 1.29 is 18.7 Å². The molecule has 1 aliphatic heterocycles. The molecule has 6 N–H and O–H groups in total. The normalized spacial score (nSPS) is 13.6. The van der Waals surface area contributed by atoms with Gasteiger partial charge in [-0.05, 0) is 50.2 Å². The Morgan fingerprint density at radius 3 is 2.71 bits per heavy atom. The average molecular weight is 486 g/mol. The highest BCUT2D eigenvalue weighted by Gasteiger charge is 2.20. The molecule has 0 atom stereocenters. The molecule has 1 fully saturated rings. The molecular weight excluding hydrogens is 461 g/mol. The molecule has 34 heavy (non-hydrogen) atoms. The fourth-order valence-electron chi connectivity index (χ4n) is 3.52. The molecule has 10 nitrogen and oxygen atoms in total. The number of rotatable bonds is 9. The van der Waals surface area contributed by atoms with Crippen LogP contribution in [0.4, 0.5) is 25.9 Å². The molecule has 0 bridgehead atoms. The van der Waals surface area contributed by atoms with Gasteiger partial charge in [-0.15, -0.1) is 0 Å². The number of hydrogen-bond acceptors (Lipinski definition) is 9. The Hall–Kier alpha value is -3.77. The Labute approximate surface area is 199 Å². The lowest BCUT2D eigenvalue weighted by molar-refractivity contribution is 0.0997. The maximum absolute atomic E-state index is 13.3. The first kappa shape index (κ1) is 23.4. The molecule has 2 amide bonds. The number of primary amides is 1. The monoisotopic (exact) mass is 485 g/mol. The summed E-state index contributed by atoms with van der Waals surface area (Å²) >= 11 is 0.984. The van der Waals surface area contributed by atoms with Crippen LogP contribution in [-0.2, 0) is 0 Å². The van der Waals surface area contributed by atoms with Gasteiger partial charge in [0.15, 0.2) is 10.8 Å². The molecule has 0 saturated carbocycles. The number of likely N-dealkylation sites (tertiary alicyclic amines) is 1. The van der Waals surface area contributed by atoms with Crippen LogP contribution in [0, 0.1) is 5.95 Å². The van der Waals surface area contributed by atoms with Crippen LogP contribution in [0.15, 0.2) is 36.5 Å². The zero-order valence-corrected chi connectivity index (χ0v) is 19.0. The van der Waals surface area contributed by atoms with E-state index in [1.54, 1.807) is 12.1 Å². The van der Waals surface area contributed by atoms with E-state index in [0.717, 1.165) is 31.0 Å². The van der Waals surface area contributed by atoms with E-state index >= 15 is 0 Å². The van der Waals surface area contributed by atoms with Gasteiger partial charge in [0.25, 0.3) is 11.8 Å². The van der Waals surface area contributed by atoms with Crippen molar-refractivity contribution in [3.63, 3.8) is 0 Å². The summed E-state index contributed by atoms with van der Waals surface area (Å²) in [4.78, 5) is 34.5. The van der Waals surface area contributed by atoms with E-state index in [4.69, 9.17) is 16.2 Å². The van der Waals surface area contributed by atoms with Gasteiger partial charge in [0.2, 0.25) is 5.95 Å². The number of aromatic nitrogens is 2. The van der Waals surface area contributed by atoms with E-state index in [1.807, 2.05) is 0 Å². The zero-order valence-electron chi connectivity index (χ0n) is 18.2. The lowest BCUT2D eigenvalue weighted by Gasteiger charge is -2.16. The number of nitrogens with zero attached hydrogens (tertiary/aromatic N) is 3. The number of halogens is 1. The van der Waals surface area contributed by atoms with Crippen molar-refractivity contribution in [2.24, 2.45) is 5.73 Å². The summed E-state index contributed by atoms with van der Waals surface area (Å²) in [6, 6.07) is 7.43. The third-order valence-corrected chi connectivity index (χ3v) is 6.09. The molecule has 12 heteroatoms. The van der Waals surface area contributed by atoms with Crippen molar-refractivity contribution >= 4 is 44.7 Å². The number of thiazole rings is 1. The molecular formula is C22H24FN7O3S. The van der Waals surface area contributed by atoms with Crippen LogP contribution in [0.1, 0.15) is 33.7 Å². The molecule has 4 rings (SSSR count). The van der Waals surface area contributed by atoms with Crippen LogP contribution in [0.2, 0.25) is 0 Å². The second-order valence-corrected chi connectivity index (χ2v) is 8.66. The number of benzene rings is 1. The van der Waals surface area contributed by atoms with Gasteiger partial charge in [0.1, 0.15) is 17.4 Å². The first-order valence-electron chi connectivity index (χ1n) is 10.6. The molecule has 1 saturated heterocycles. The Bertz CT molecular complexity index is 1200. The van der Waals surface area contributed by atoms with E-state index in [1.165, 1.54) is 37.2 Å². The summed E-state index contributed by atoms with van der Waals surface area (Å²) in [6.45, 7) is 3.50. The highest BCUT2D eigenvalue weighted by molar-refractivity contribution is 7.20. The first-order chi connectivity index (χ1) is 16.4. The Balaban J connectivity index is 1.42. The topological polar surface area (TPSA) is 148 Å². The van der Waals surface area contributed by atoms with Gasteiger partial charge >= 0.3 is 0 Å². The summed E-state index contributed by atoms with van der Waals surface area (Å²) in [5.74, 6) is -1.49. The SMILES string of the molecule is NC(=O)c1nc(Nc2ccnc(F)c2)sc1NC(=O)c1ccc(OCCN2CCCC2)c(N)c1. The maximum atomic E-state index is 13.3. The van der Waals surface area contributed by atoms with E-state index in [9.17, 15) is 14.0 Å². The number of nitrogens with one attached hydrogen (secondary N) is 2. The summed E-state index contributed by atoms with van der Waals surface area (Å²) in [7, 11) is 0. The van der Waals surface area contributed by atoms with Gasteiger partial charge in [-0.1, -0.05) is 11.3 Å². The molecule has 1 aromatic carbocycles. The fraction of sp³-hybridized carbons (Fsp3) is 0.273. The van der Waals surface area contributed by atoms with Gasteiger partial charge in [-0.25, -0.2) is 9.97 Å². The van der Waals surface area contributed by atoms with Crippen molar-refractivity contribution in [2.75, 3.05) is 42.6 Å². The molecule has 0 aliphatic carbocycles. The van der Waals surface area contributed by atoms with Crippen LogP contribution in [-0.4, -0.2) is 52.9 Å². The molecule has 2 aromatic heterocycles. The highest BCUT2D eigenvalue weighted by atomic mass is 32.1. The minimum atomic E-state index is -0.818. The first-order valence-corrected chi connectivity index (χ1v) is 11.5. The third kappa shape index (κ3) is 5.77. The van der Waals surface area contributed by atoms with E-state index in [2.05, 4.69) is 25.5 Å². The molecule has 0 unspecified atom stereocenters. The van der Waals surface area contributed by atoms with Gasteiger partial charge in [0.05, 0.1) is 5.69 Å². The third-order valence-electron chi connectivity index (χ3n) is 5.20. The quantitative estimate of drug-likeness (QED) is 0.267. The zero-order chi connectivity index (χ0) is 24.1. The van der Waals surface area contributed by atoms with Crippen molar-refractivity contribution in [2.45, 2.75) is 12.8 Å². The van der Waals surface area contributed by atoms with Crippen molar-refractivity contribution in [1.29, 1.82) is 0 Å². The molecule has 1 aliphatic rings. The lowest BCUT2D eigenvalue weighted by atomic mass is 10.1. The number of amides is 2. The Morgan fingerprint density at radius 1 is 1.21 bits per heavy atom. The van der Waals surface area contributed by atoms with Gasteiger partial charge in [-0.3, -0.25) is 14.5 Å². The predicted molar refractivity (Wildman–Crippen MR) is 128 cm³/mol. The summed E-state index contributed by atoms with van der Waals surface area (Å²) in [6.07, 6.45) is 3.71. The predicted octanol–water partition coefficient (Wildman–Crippen LogP) is 2.83. The van der Waals surface area contributed by atoms with E-state index < -0.39 is 17.8 Å². The molecule has 0 spiro atoms. The summed E-state index contributed by atoms with van der Waals surface area (Å²) < 4.78 is 19.1. The summed E-state index contributed by atoms with van der Waals surface area (Å²) in [5.41, 5.74) is 12.4. The average Bonchev–Trinajstić information content (AvgIpc) is 3.45. The molecule has 3 heterocycles. The van der Waals surface area contributed by atoms with Crippen LogP contribution in [0.5, 0.6) is 5.75 Å². The maximum Gasteiger partial charge on any atom is 0.270 e. The largest absolute Gasteiger partial charge is 0.490 e. The second-order valence-electron chi connectivity index (χ2n) is 7.66. The van der Waals surface area contributed by atoms with E-state index in [0.29, 0.717) is 23.7 Å². The molecule has 3 aromatic rings. The van der Waals surface area contributed by atoms with Crippen molar-refractivity contribution in [3.05, 3.63) is 53.7 Å². The highest BCUT2D eigenvalue weighted by Crippen LogP contribution is 2.31. The standard InChI is InChI=1S/C22H24FN7O3S/c23-17-12-14(5-6-26-17)27-22-28-18(19(25)31)21(34-22)29-20(32)13-3-4-16(15(24)11-13)33-10-9-30-7-1-2-8-30/h3-6,11-12H,1-2,7-10,24H2,(H2,25,31)(H,29,32)(H,26,27,28). The summed E-state index contributed by atoms with van der Waals surface area (Å²) in [5, 5.41) is 5.90. The second kappa shape index (κ2) is 10.4. The number of hydrogen-bond donors (Lipinski definition) is 4. The van der Waals surface area contributed by atoms with Gasteiger partial charge in [-0.2, -0.15) is 4.39 Å². The van der Waals surface area contributed by atoms with Gasteiger partial charge in [0, 0.05) is 30.1 Å². The van der Waals surface area contributed by atoms with Crippen LogP contribution in [0.3, 0.4) is 0 Å². The fourth-order valence-corrected chi connectivity index (χ4v) is 4.40. The number of carbonyl (C=O) groups is 2.